The molecule has 0 radical (unpaired) electrons. The highest BCUT2D eigenvalue weighted by Gasteiger charge is 2.40. The number of nitrogens with one attached hydrogen (secondary N) is 3. The van der Waals surface area contributed by atoms with Crippen LogP contribution in [-0.4, -0.2) is 85.8 Å². The Morgan fingerprint density at radius 1 is 1.10 bits per heavy atom. The SMILES string of the molecule is CCC(CC)C(=O)N(C(=O)[C@@H]1CCCN1)[C@H](Cc1ccc2ccccc2c1)C(=O)NCC(O)CNCCOC. The highest BCUT2D eigenvalue weighted by molar-refractivity contribution is 6.03. The smallest absolute Gasteiger partial charge is 0.247 e. The zero-order chi connectivity index (χ0) is 28.2. The van der Waals surface area contributed by atoms with Crippen molar-refractivity contribution in [2.45, 2.75) is 64.1 Å². The van der Waals surface area contributed by atoms with Gasteiger partial charge in [-0.25, -0.2) is 0 Å². The van der Waals surface area contributed by atoms with Crippen molar-refractivity contribution in [3.63, 3.8) is 0 Å². The Kier molecular flexibility index (Phi) is 12.3. The number of aliphatic hydroxyl groups is 1. The van der Waals surface area contributed by atoms with Crippen LogP contribution < -0.4 is 16.0 Å². The number of hydrogen-bond donors (Lipinski definition) is 4. The standard InChI is InChI=1S/C30H44N4O5/c1-4-22(5-2)29(37)34(30(38)26-11-8-14-32-26)27(28(36)33-20-25(35)19-31-15-16-39-3)18-21-12-13-23-9-6-7-10-24(23)17-21/h6-7,9-10,12-13,17,22,25-27,31-32,35H,4-5,8,11,14-16,18-20H2,1-3H3,(H,33,36)/t25?,26-,27+/m0/s1. The molecule has 4 N–H and O–H groups in total. The van der Waals surface area contributed by atoms with Crippen molar-refractivity contribution < 1.29 is 24.2 Å². The lowest BCUT2D eigenvalue weighted by Gasteiger charge is -2.34. The molecular weight excluding hydrogens is 496 g/mol. The van der Waals surface area contributed by atoms with Gasteiger partial charge in [-0.05, 0) is 48.6 Å². The van der Waals surface area contributed by atoms with E-state index < -0.39 is 24.1 Å². The number of hydrogen-bond acceptors (Lipinski definition) is 7. The molecule has 3 amide bonds. The van der Waals surface area contributed by atoms with E-state index in [1.807, 2.05) is 56.3 Å². The molecular formula is C30H44N4O5. The first-order valence-corrected chi connectivity index (χ1v) is 14.1. The first-order chi connectivity index (χ1) is 18.9. The van der Waals surface area contributed by atoms with E-state index in [4.69, 9.17) is 4.74 Å². The van der Waals surface area contributed by atoms with Crippen molar-refractivity contribution in [2.75, 3.05) is 39.9 Å². The lowest BCUT2D eigenvalue weighted by Crippen LogP contribution is -2.59. The minimum absolute atomic E-state index is 0.00405. The molecule has 2 aromatic rings. The van der Waals surface area contributed by atoms with Gasteiger partial charge in [0, 0.05) is 39.1 Å². The molecule has 1 heterocycles. The minimum atomic E-state index is -1.04. The summed E-state index contributed by atoms with van der Waals surface area (Å²) in [5, 5.41) is 21.6. The molecule has 3 atom stereocenters. The Hall–Kier alpha value is -2.85. The van der Waals surface area contributed by atoms with Crippen molar-refractivity contribution in [3.8, 4) is 0 Å². The van der Waals surface area contributed by atoms with Gasteiger partial charge in [-0.3, -0.25) is 19.3 Å². The third-order valence-corrected chi connectivity index (χ3v) is 7.40. The van der Waals surface area contributed by atoms with Crippen LogP contribution in [0.5, 0.6) is 0 Å². The van der Waals surface area contributed by atoms with E-state index in [0.717, 1.165) is 22.8 Å². The number of nitrogens with zero attached hydrogens (tertiary/aromatic N) is 1. The quantitative estimate of drug-likeness (QED) is 0.255. The highest BCUT2D eigenvalue weighted by atomic mass is 16.5. The van der Waals surface area contributed by atoms with E-state index in [0.29, 0.717) is 39.0 Å². The van der Waals surface area contributed by atoms with Crippen LogP contribution in [0.2, 0.25) is 0 Å². The zero-order valence-electron chi connectivity index (χ0n) is 23.4. The molecule has 0 bridgehead atoms. The fourth-order valence-electron chi connectivity index (χ4n) is 5.06. The number of imide groups is 1. The number of carbonyl (C=O) groups is 3. The van der Waals surface area contributed by atoms with Gasteiger partial charge in [0.1, 0.15) is 6.04 Å². The van der Waals surface area contributed by atoms with Gasteiger partial charge in [0.05, 0.1) is 18.8 Å². The Morgan fingerprint density at radius 2 is 1.85 bits per heavy atom. The number of fused-ring (bicyclic) bond motifs is 1. The molecule has 39 heavy (non-hydrogen) atoms. The number of aliphatic hydroxyl groups excluding tert-OH is 1. The number of methoxy groups -OCH3 is 1. The zero-order valence-corrected chi connectivity index (χ0v) is 23.4. The maximum Gasteiger partial charge on any atom is 0.247 e. The van der Waals surface area contributed by atoms with Gasteiger partial charge in [0.2, 0.25) is 17.7 Å². The lowest BCUT2D eigenvalue weighted by atomic mass is 9.96. The number of carbonyl (C=O) groups excluding carboxylic acids is 3. The average Bonchev–Trinajstić information content (AvgIpc) is 3.49. The van der Waals surface area contributed by atoms with Crippen LogP contribution in [0.1, 0.15) is 45.1 Å². The van der Waals surface area contributed by atoms with Gasteiger partial charge < -0.3 is 25.8 Å². The second-order valence-corrected chi connectivity index (χ2v) is 10.2. The molecule has 9 heteroatoms. The second kappa shape index (κ2) is 15.7. The van der Waals surface area contributed by atoms with Gasteiger partial charge in [-0.1, -0.05) is 56.3 Å². The third kappa shape index (κ3) is 8.57. The van der Waals surface area contributed by atoms with Crippen LogP contribution in [0.25, 0.3) is 10.8 Å². The molecule has 2 aromatic carbocycles. The summed E-state index contributed by atoms with van der Waals surface area (Å²) in [6, 6.07) is 12.3. The fourth-order valence-corrected chi connectivity index (χ4v) is 5.06. The average molecular weight is 541 g/mol. The third-order valence-electron chi connectivity index (χ3n) is 7.40. The minimum Gasteiger partial charge on any atom is -0.390 e. The van der Waals surface area contributed by atoms with Crippen molar-refractivity contribution in [3.05, 3.63) is 48.0 Å². The van der Waals surface area contributed by atoms with Crippen LogP contribution in [0.15, 0.2) is 42.5 Å². The summed E-state index contributed by atoms with van der Waals surface area (Å²) < 4.78 is 5.00. The predicted octanol–water partition coefficient (Wildman–Crippen LogP) is 2.01. The van der Waals surface area contributed by atoms with Crippen LogP contribution in [0.3, 0.4) is 0 Å². The van der Waals surface area contributed by atoms with Crippen molar-refractivity contribution in [1.29, 1.82) is 0 Å². The van der Waals surface area contributed by atoms with Crippen molar-refractivity contribution in [2.24, 2.45) is 5.92 Å². The van der Waals surface area contributed by atoms with Gasteiger partial charge in [-0.2, -0.15) is 0 Å². The summed E-state index contributed by atoms with van der Waals surface area (Å²) in [6.07, 6.45) is 1.97. The van der Waals surface area contributed by atoms with E-state index in [9.17, 15) is 19.5 Å². The first kappa shape index (κ1) is 30.7. The molecule has 1 aliphatic rings. The lowest BCUT2D eigenvalue weighted by molar-refractivity contribution is -0.155. The summed E-state index contributed by atoms with van der Waals surface area (Å²) >= 11 is 0. The number of ether oxygens (including phenoxy) is 1. The molecule has 0 spiro atoms. The van der Waals surface area contributed by atoms with Crippen LogP contribution in [-0.2, 0) is 25.5 Å². The summed E-state index contributed by atoms with van der Waals surface area (Å²) in [5.74, 6) is -1.49. The summed E-state index contributed by atoms with van der Waals surface area (Å²) in [7, 11) is 1.60. The molecule has 1 saturated heterocycles. The Labute approximate surface area is 231 Å². The number of benzene rings is 2. The molecule has 0 aromatic heterocycles. The molecule has 214 valence electrons. The molecule has 1 fully saturated rings. The second-order valence-electron chi connectivity index (χ2n) is 10.2. The molecule has 0 saturated carbocycles. The maximum atomic E-state index is 13.8. The van der Waals surface area contributed by atoms with Gasteiger partial charge in [-0.15, -0.1) is 0 Å². The van der Waals surface area contributed by atoms with Gasteiger partial charge >= 0.3 is 0 Å². The van der Waals surface area contributed by atoms with Crippen molar-refractivity contribution in [1.82, 2.24) is 20.9 Å². The largest absolute Gasteiger partial charge is 0.390 e. The maximum absolute atomic E-state index is 13.8. The van der Waals surface area contributed by atoms with Gasteiger partial charge in [0.25, 0.3) is 0 Å². The topological polar surface area (TPSA) is 120 Å². The summed E-state index contributed by atoms with van der Waals surface area (Å²) in [6.45, 7) is 5.91. The Balaban J connectivity index is 1.90. The summed E-state index contributed by atoms with van der Waals surface area (Å²) in [4.78, 5) is 42.6. The number of amides is 3. The Morgan fingerprint density at radius 3 is 2.51 bits per heavy atom. The normalized spacial score (nSPS) is 16.8. The molecule has 3 rings (SSSR count). The summed E-state index contributed by atoms with van der Waals surface area (Å²) in [5.41, 5.74) is 0.852. The Bertz CT molecular complexity index is 1070. The van der Waals surface area contributed by atoms with E-state index in [-0.39, 0.29) is 37.2 Å². The molecule has 1 aliphatic heterocycles. The van der Waals surface area contributed by atoms with Gasteiger partial charge in [0.15, 0.2) is 0 Å². The van der Waals surface area contributed by atoms with Crippen molar-refractivity contribution >= 4 is 28.5 Å². The highest BCUT2D eigenvalue weighted by Crippen LogP contribution is 2.23. The fraction of sp³-hybridized carbons (Fsp3) is 0.567. The van der Waals surface area contributed by atoms with Crippen LogP contribution in [0, 0.1) is 5.92 Å². The van der Waals surface area contributed by atoms with E-state index in [1.165, 1.54) is 4.90 Å². The van der Waals surface area contributed by atoms with Crippen LogP contribution in [0.4, 0.5) is 0 Å². The molecule has 0 aliphatic carbocycles. The molecule has 1 unspecified atom stereocenters. The van der Waals surface area contributed by atoms with E-state index >= 15 is 0 Å². The van der Waals surface area contributed by atoms with E-state index in [2.05, 4.69) is 16.0 Å². The predicted molar refractivity (Wildman–Crippen MR) is 152 cm³/mol. The van der Waals surface area contributed by atoms with E-state index in [1.54, 1.807) is 7.11 Å². The monoisotopic (exact) mass is 540 g/mol. The number of rotatable bonds is 15. The molecule has 9 nitrogen and oxygen atoms in total. The first-order valence-electron chi connectivity index (χ1n) is 14.1. The van der Waals surface area contributed by atoms with Crippen LogP contribution >= 0.6 is 0 Å².